The molecule has 3 N–H and O–H groups in total. The van der Waals surface area contributed by atoms with Crippen LogP contribution in [0.25, 0.3) is 0 Å². The average Bonchev–Trinajstić information content (AvgIpc) is 2.41. The number of ether oxygens (including phenoxy) is 1. The maximum Gasteiger partial charge on any atom is 0.341 e. The first kappa shape index (κ1) is 13.6. The highest BCUT2D eigenvalue weighted by Crippen LogP contribution is 2.31. The summed E-state index contributed by atoms with van der Waals surface area (Å²) in [7, 11) is 0. The van der Waals surface area contributed by atoms with Gasteiger partial charge in [0.1, 0.15) is 11.7 Å². The van der Waals surface area contributed by atoms with Gasteiger partial charge in [-0.15, -0.1) is 0 Å². The van der Waals surface area contributed by atoms with Crippen molar-refractivity contribution in [3.63, 3.8) is 0 Å². The lowest BCUT2D eigenvalue weighted by Gasteiger charge is -2.31. The molecule has 0 radical (unpaired) electrons. The minimum atomic E-state index is -1.06. The predicted molar refractivity (Wildman–Crippen MR) is 72.3 cm³/mol. The Morgan fingerprint density at radius 2 is 2.26 bits per heavy atom. The van der Waals surface area contributed by atoms with Gasteiger partial charge in [-0.05, 0) is 37.7 Å². The summed E-state index contributed by atoms with van der Waals surface area (Å²) in [4.78, 5) is 15.2. The van der Waals surface area contributed by atoms with Gasteiger partial charge in [0.15, 0.2) is 0 Å². The highest BCUT2D eigenvalue weighted by molar-refractivity contribution is 5.91. The summed E-state index contributed by atoms with van der Waals surface area (Å²) in [5.74, 6) is -0.388. The molecule has 1 saturated carbocycles. The number of carboxylic acids is 1. The second-order valence-electron chi connectivity index (χ2n) is 5.04. The molecule has 2 rings (SSSR count). The number of rotatable bonds is 4. The summed E-state index contributed by atoms with van der Waals surface area (Å²) in [6.45, 7) is 2.14. The summed E-state index contributed by atoms with van der Waals surface area (Å²) >= 11 is 0. The van der Waals surface area contributed by atoms with Crippen LogP contribution in [0.15, 0.2) is 12.3 Å². The van der Waals surface area contributed by atoms with Gasteiger partial charge in [-0.25, -0.2) is 9.78 Å². The molecule has 1 aliphatic carbocycles. The SMILES string of the molecule is CCC1CCCCC1Oc1ncc(N)cc1C(=O)O. The molecule has 0 aromatic carbocycles. The third kappa shape index (κ3) is 3.16. The van der Waals surface area contributed by atoms with Crippen LogP contribution in [0.3, 0.4) is 0 Å². The van der Waals surface area contributed by atoms with Gasteiger partial charge in [0.2, 0.25) is 5.88 Å². The Labute approximate surface area is 112 Å². The number of pyridine rings is 1. The first-order valence-electron chi connectivity index (χ1n) is 6.77. The molecule has 1 heterocycles. The van der Waals surface area contributed by atoms with Gasteiger partial charge in [-0.2, -0.15) is 0 Å². The van der Waals surface area contributed by atoms with Crippen LogP contribution in [0, 0.1) is 5.92 Å². The molecule has 2 atom stereocenters. The second-order valence-corrected chi connectivity index (χ2v) is 5.04. The Morgan fingerprint density at radius 1 is 1.53 bits per heavy atom. The first-order chi connectivity index (χ1) is 9.11. The number of carbonyl (C=O) groups is 1. The summed E-state index contributed by atoms with van der Waals surface area (Å²) in [6, 6.07) is 1.40. The quantitative estimate of drug-likeness (QED) is 0.873. The van der Waals surface area contributed by atoms with Crippen molar-refractivity contribution in [3.05, 3.63) is 17.8 Å². The van der Waals surface area contributed by atoms with E-state index in [1.165, 1.54) is 18.7 Å². The minimum Gasteiger partial charge on any atom is -0.477 e. The number of nitrogen functional groups attached to an aromatic ring is 1. The van der Waals surface area contributed by atoms with Gasteiger partial charge in [0.05, 0.1) is 11.9 Å². The molecular formula is C14H20N2O3. The number of aromatic carboxylic acids is 1. The molecule has 1 aliphatic rings. The smallest absolute Gasteiger partial charge is 0.341 e. The van der Waals surface area contributed by atoms with E-state index in [-0.39, 0.29) is 17.5 Å². The standard InChI is InChI=1S/C14H20N2O3/c1-2-9-5-3-4-6-12(9)19-13-11(14(17)18)7-10(15)8-16-13/h7-9,12H,2-6,15H2,1H3,(H,17,18). The Morgan fingerprint density at radius 3 is 2.95 bits per heavy atom. The van der Waals surface area contributed by atoms with Crippen molar-refractivity contribution in [1.82, 2.24) is 4.98 Å². The Balaban J connectivity index is 2.20. The van der Waals surface area contributed by atoms with E-state index in [0.29, 0.717) is 11.6 Å². The molecule has 2 unspecified atom stereocenters. The average molecular weight is 264 g/mol. The fourth-order valence-electron chi connectivity index (χ4n) is 2.65. The summed E-state index contributed by atoms with van der Waals surface area (Å²) < 4.78 is 5.86. The molecule has 1 fully saturated rings. The fourth-order valence-corrected chi connectivity index (χ4v) is 2.65. The highest BCUT2D eigenvalue weighted by Gasteiger charge is 2.27. The topological polar surface area (TPSA) is 85.4 Å². The summed E-state index contributed by atoms with van der Waals surface area (Å²) in [5.41, 5.74) is 5.95. The molecular weight excluding hydrogens is 244 g/mol. The van der Waals surface area contributed by atoms with Gasteiger partial charge in [0, 0.05) is 0 Å². The third-order valence-electron chi connectivity index (χ3n) is 3.73. The van der Waals surface area contributed by atoms with Crippen LogP contribution in [0.2, 0.25) is 0 Å². The molecule has 19 heavy (non-hydrogen) atoms. The van der Waals surface area contributed by atoms with E-state index in [2.05, 4.69) is 11.9 Å². The van der Waals surface area contributed by atoms with Crippen molar-refractivity contribution in [2.45, 2.75) is 45.1 Å². The van der Waals surface area contributed by atoms with Crippen molar-refractivity contribution in [2.24, 2.45) is 5.92 Å². The van der Waals surface area contributed by atoms with Crippen LogP contribution >= 0.6 is 0 Å². The molecule has 0 bridgehead atoms. The number of hydrogen-bond acceptors (Lipinski definition) is 4. The predicted octanol–water partition coefficient (Wildman–Crippen LogP) is 2.71. The lowest BCUT2D eigenvalue weighted by molar-refractivity contribution is 0.0654. The van der Waals surface area contributed by atoms with E-state index in [0.717, 1.165) is 25.7 Å². The van der Waals surface area contributed by atoms with E-state index in [1.54, 1.807) is 0 Å². The normalized spacial score (nSPS) is 23.0. The Kier molecular flexibility index (Phi) is 4.24. The lowest BCUT2D eigenvalue weighted by Crippen LogP contribution is -2.30. The van der Waals surface area contributed by atoms with Crippen molar-refractivity contribution >= 4 is 11.7 Å². The molecule has 104 valence electrons. The molecule has 1 aromatic heterocycles. The van der Waals surface area contributed by atoms with E-state index >= 15 is 0 Å². The molecule has 5 nitrogen and oxygen atoms in total. The number of nitrogens with zero attached hydrogens (tertiary/aromatic N) is 1. The van der Waals surface area contributed by atoms with Crippen LogP contribution in [-0.4, -0.2) is 22.2 Å². The molecule has 0 spiro atoms. The van der Waals surface area contributed by atoms with Crippen LogP contribution in [0.1, 0.15) is 49.4 Å². The van der Waals surface area contributed by atoms with E-state index < -0.39 is 5.97 Å². The van der Waals surface area contributed by atoms with Crippen LogP contribution in [0.5, 0.6) is 5.88 Å². The van der Waals surface area contributed by atoms with Crippen LogP contribution < -0.4 is 10.5 Å². The van der Waals surface area contributed by atoms with Crippen LogP contribution in [-0.2, 0) is 0 Å². The van der Waals surface area contributed by atoms with E-state index in [4.69, 9.17) is 15.6 Å². The minimum absolute atomic E-state index is 0.0421. The highest BCUT2D eigenvalue weighted by atomic mass is 16.5. The van der Waals surface area contributed by atoms with Gasteiger partial charge in [0.25, 0.3) is 0 Å². The molecule has 0 saturated heterocycles. The number of hydrogen-bond donors (Lipinski definition) is 2. The number of nitrogens with two attached hydrogens (primary N) is 1. The fraction of sp³-hybridized carbons (Fsp3) is 0.571. The van der Waals surface area contributed by atoms with Gasteiger partial charge in [-0.1, -0.05) is 13.3 Å². The molecule has 5 heteroatoms. The molecule has 1 aromatic rings. The summed E-state index contributed by atoms with van der Waals surface area (Å²) in [5, 5.41) is 9.17. The van der Waals surface area contributed by atoms with Crippen molar-refractivity contribution < 1.29 is 14.6 Å². The second kappa shape index (κ2) is 5.91. The maximum absolute atomic E-state index is 11.2. The number of carboxylic acid groups (broad SMARTS) is 1. The Bertz CT molecular complexity index is 462. The zero-order valence-electron chi connectivity index (χ0n) is 11.1. The number of anilines is 1. The molecule has 0 aliphatic heterocycles. The third-order valence-corrected chi connectivity index (χ3v) is 3.73. The van der Waals surface area contributed by atoms with Crippen molar-refractivity contribution in [2.75, 3.05) is 5.73 Å². The van der Waals surface area contributed by atoms with Gasteiger partial charge >= 0.3 is 5.97 Å². The van der Waals surface area contributed by atoms with Crippen molar-refractivity contribution in [1.29, 1.82) is 0 Å². The van der Waals surface area contributed by atoms with Crippen molar-refractivity contribution in [3.8, 4) is 5.88 Å². The lowest BCUT2D eigenvalue weighted by atomic mass is 9.85. The maximum atomic E-state index is 11.2. The first-order valence-corrected chi connectivity index (χ1v) is 6.77. The molecule has 0 amide bonds. The summed E-state index contributed by atoms with van der Waals surface area (Å²) in [6.07, 6.45) is 6.99. The number of aromatic nitrogens is 1. The van der Waals surface area contributed by atoms with E-state index in [1.807, 2.05) is 0 Å². The zero-order valence-corrected chi connectivity index (χ0v) is 11.1. The Hall–Kier alpha value is -1.78. The van der Waals surface area contributed by atoms with Gasteiger partial charge in [-0.3, -0.25) is 0 Å². The largest absolute Gasteiger partial charge is 0.477 e. The van der Waals surface area contributed by atoms with E-state index in [9.17, 15) is 4.79 Å². The zero-order chi connectivity index (χ0) is 13.8. The van der Waals surface area contributed by atoms with Crippen LogP contribution in [0.4, 0.5) is 5.69 Å². The monoisotopic (exact) mass is 264 g/mol. The van der Waals surface area contributed by atoms with Gasteiger partial charge < -0.3 is 15.6 Å².